The largest absolute Gasteiger partial charge is 0.496 e. The van der Waals surface area contributed by atoms with Crippen LogP contribution in [0.4, 0.5) is 4.39 Å². The lowest BCUT2D eigenvalue weighted by Crippen LogP contribution is -2.37. The minimum Gasteiger partial charge on any atom is -0.496 e. The van der Waals surface area contributed by atoms with Crippen LogP contribution < -0.4 is 20.5 Å². The first-order valence-electron chi connectivity index (χ1n) is 8.31. The highest BCUT2D eigenvalue weighted by atomic mass is 19.1. The Morgan fingerprint density at radius 1 is 1.38 bits per heavy atom. The molecule has 2 fully saturated rings. The summed E-state index contributed by atoms with van der Waals surface area (Å²) in [6.07, 6.45) is 1.56. The first kappa shape index (κ1) is 16.6. The first-order valence-corrected chi connectivity index (χ1v) is 8.31. The quantitative estimate of drug-likeness (QED) is 0.802. The van der Waals surface area contributed by atoms with Gasteiger partial charge in [-0.3, -0.25) is 19.0 Å². The van der Waals surface area contributed by atoms with Crippen LogP contribution >= 0.6 is 0 Å². The van der Waals surface area contributed by atoms with E-state index in [1.165, 1.54) is 7.11 Å². The van der Waals surface area contributed by atoms with Crippen LogP contribution in [-0.4, -0.2) is 43.2 Å². The third kappa shape index (κ3) is 2.53. The molecule has 0 radical (unpaired) electrons. The van der Waals surface area contributed by atoms with Gasteiger partial charge in [0.25, 0.3) is 5.91 Å². The normalized spacial score (nSPS) is 26.3. The highest BCUT2D eigenvalue weighted by Crippen LogP contribution is 2.52. The van der Waals surface area contributed by atoms with Gasteiger partial charge in [0, 0.05) is 29.3 Å². The maximum absolute atomic E-state index is 12.9. The molecule has 136 valence electrons. The molecule has 4 atom stereocenters. The van der Waals surface area contributed by atoms with E-state index in [0.29, 0.717) is 22.4 Å². The van der Waals surface area contributed by atoms with Crippen LogP contribution in [0.3, 0.4) is 0 Å². The fourth-order valence-corrected chi connectivity index (χ4v) is 3.86. The van der Waals surface area contributed by atoms with Crippen LogP contribution in [0, 0.1) is 17.8 Å². The van der Waals surface area contributed by atoms with Crippen molar-refractivity contribution >= 4 is 22.7 Å². The summed E-state index contributed by atoms with van der Waals surface area (Å²) in [5, 5.41) is 3.51. The van der Waals surface area contributed by atoms with Crippen LogP contribution in [0.25, 0.3) is 10.9 Å². The summed E-state index contributed by atoms with van der Waals surface area (Å²) in [6, 6.07) is 4.69. The summed E-state index contributed by atoms with van der Waals surface area (Å²) in [6.45, 7) is -0.243. The van der Waals surface area contributed by atoms with Gasteiger partial charge in [0.15, 0.2) is 0 Å². The smallest absolute Gasteiger partial charge is 0.252 e. The van der Waals surface area contributed by atoms with E-state index in [4.69, 9.17) is 15.2 Å². The zero-order chi connectivity index (χ0) is 18.4. The van der Waals surface area contributed by atoms with E-state index in [-0.39, 0.29) is 41.9 Å². The fourth-order valence-electron chi connectivity index (χ4n) is 3.86. The molecule has 0 bridgehead atoms. The number of amides is 2. The number of carbonyl (C=O) groups excluding carboxylic acids is 2. The number of alkyl halides is 1. The number of nitrogens with zero attached hydrogens (tertiary/aromatic N) is 1. The molecule has 1 aromatic heterocycles. The van der Waals surface area contributed by atoms with Gasteiger partial charge in [0.2, 0.25) is 5.91 Å². The molecule has 1 saturated carbocycles. The maximum atomic E-state index is 12.9. The lowest BCUT2D eigenvalue weighted by Gasteiger charge is -2.17. The van der Waals surface area contributed by atoms with Gasteiger partial charge in [0.05, 0.1) is 30.9 Å². The van der Waals surface area contributed by atoms with Crippen LogP contribution in [0.1, 0.15) is 10.4 Å². The number of aromatic nitrogens is 1. The van der Waals surface area contributed by atoms with Gasteiger partial charge in [-0.1, -0.05) is 0 Å². The Bertz CT molecular complexity index is 903. The number of piperidine rings is 1. The van der Waals surface area contributed by atoms with Gasteiger partial charge in [-0.05, 0) is 18.2 Å². The third-order valence-corrected chi connectivity index (χ3v) is 5.21. The van der Waals surface area contributed by atoms with E-state index < -0.39 is 12.6 Å². The molecule has 2 heterocycles. The van der Waals surface area contributed by atoms with Gasteiger partial charge in [0.1, 0.15) is 18.1 Å². The summed E-state index contributed by atoms with van der Waals surface area (Å²) in [7, 11) is 1.45. The number of methoxy groups -OCH3 is 1. The molecule has 1 aromatic carbocycles. The monoisotopic (exact) mass is 359 g/mol. The molecular weight excluding hydrogens is 341 g/mol. The number of carbonyl (C=O) groups is 2. The van der Waals surface area contributed by atoms with Crippen molar-refractivity contribution in [1.29, 1.82) is 0 Å². The van der Waals surface area contributed by atoms with Crippen molar-refractivity contribution in [2.75, 3.05) is 20.4 Å². The standard InChI is InChI=1S/C18H18FN3O4/c1-25-14-5-8-11(4-9(14)17(20)23)21-3-2-13(8)26-7-12-15-10(6-19)16(15)18(24)22-12/h2-5,10,12,15-16H,6-7H2,1H3,(H2,20,23)(H,22,24)/t10?,12-,15-,16-/m1/s1. The Kier molecular flexibility index (Phi) is 3.90. The van der Waals surface area contributed by atoms with E-state index in [2.05, 4.69) is 10.3 Å². The molecule has 1 unspecified atom stereocenters. The molecule has 7 nitrogen and oxygen atoms in total. The van der Waals surface area contributed by atoms with Crippen molar-refractivity contribution < 1.29 is 23.5 Å². The Labute approximate surface area is 148 Å². The zero-order valence-electron chi connectivity index (χ0n) is 14.1. The van der Waals surface area contributed by atoms with Crippen LogP contribution in [0.5, 0.6) is 11.5 Å². The van der Waals surface area contributed by atoms with Crippen molar-refractivity contribution in [1.82, 2.24) is 10.3 Å². The molecule has 3 N–H and O–H groups in total. The third-order valence-electron chi connectivity index (χ3n) is 5.21. The summed E-state index contributed by atoms with van der Waals surface area (Å²) >= 11 is 0. The van der Waals surface area contributed by atoms with Crippen LogP contribution in [0.15, 0.2) is 24.4 Å². The van der Waals surface area contributed by atoms with Crippen molar-refractivity contribution in [3.8, 4) is 11.5 Å². The van der Waals surface area contributed by atoms with E-state index in [1.807, 2.05) is 0 Å². The molecule has 2 aliphatic rings. The van der Waals surface area contributed by atoms with E-state index in [9.17, 15) is 14.0 Å². The number of benzene rings is 1. The van der Waals surface area contributed by atoms with Gasteiger partial charge in [-0.2, -0.15) is 0 Å². The SMILES string of the molecule is COc1cc2c(OC[C@H]3NC(=O)[C@@H]4C(CF)[C@@H]43)ccnc2cc1C(N)=O. The molecule has 2 aromatic rings. The first-order chi connectivity index (χ1) is 12.5. The minimum atomic E-state index is -0.609. The second-order valence-electron chi connectivity index (χ2n) is 6.59. The predicted octanol–water partition coefficient (Wildman–Crippen LogP) is 1.05. The second kappa shape index (κ2) is 6.12. The maximum Gasteiger partial charge on any atom is 0.252 e. The highest BCUT2D eigenvalue weighted by molar-refractivity contribution is 6.01. The molecule has 26 heavy (non-hydrogen) atoms. The second-order valence-corrected chi connectivity index (χ2v) is 6.59. The number of primary amides is 1. The van der Waals surface area contributed by atoms with E-state index >= 15 is 0 Å². The lowest BCUT2D eigenvalue weighted by atomic mass is 10.1. The number of rotatable bonds is 6. The van der Waals surface area contributed by atoms with E-state index in [0.717, 1.165) is 0 Å². The topological polar surface area (TPSA) is 104 Å². The number of nitrogens with two attached hydrogens (primary N) is 1. The number of halogens is 1. The average molecular weight is 359 g/mol. The highest BCUT2D eigenvalue weighted by Gasteiger charge is 2.63. The molecule has 1 aliphatic carbocycles. The molecule has 1 aliphatic heterocycles. The summed E-state index contributed by atoms with van der Waals surface area (Å²) in [5.74, 6) is -0.250. The van der Waals surface area contributed by atoms with Crippen molar-refractivity contribution in [2.24, 2.45) is 23.5 Å². The minimum absolute atomic E-state index is 0.00315. The van der Waals surface area contributed by atoms with Crippen LogP contribution in [-0.2, 0) is 4.79 Å². The number of pyridine rings is 1. The number of ether oxygens (including phenoxy) is 2. The predicted molar refractivity (Wildman–Crippen MR) is 90.7 cm³/mol. The van der Waals surface area contributed by atoms with Gasteiger partial charge in [-0.15, -0.1) is 0 Å². The Balaban J connectivity index is 1.59. The summed E-state index contributed by atoms with van der Waals surface area (Å²) in [5.41, 5.74) is 6.15. The van der Waals surface area contributed by atoms with Gasteiger partial charge < -0.3 is 20.5 Å². The van der Waals surface area contributed by atoms with Crippen LogP contribution in [0.2, 0.25) is 0 Å². The lowest BCUT2D eigenvalue weighted by molar-refractivity contribution is -0.121. The molecule has 1 saturated heterocycles. The van der Waals surface area contributed by atoms with Gasteiger partial charge in [-0.25, -0.2) is 0 Å². The average Bonchev–Trinajstić information content (AvgIpc) is 3.29. The number of fused-ring (bicyclic) bond motifs is 2. The van der Waals surface area contributed by atoms with E-state index in [1.54, 1.807) is 24.4 Å². The molecule has 2 amide bonds. The van der Waals surface area contributed by atoms with Crippen molar-refractivity contribution in [3.05, 3.63) is 30.0 Å². The number of nitrogens with one attached hydrogen (secondary N) is 1. The number of hydrogen-bond donors (Lipinski definition) is 2. The summed E-state index contributed by atoms with van der Waals surface area (Å²) < 4.78 is 24.0. The molecule has 0 spiro atoms. The molecule has 8 heteroatoms. The molecule has 4 rings (SSSR count). The zero-order valence-corrected chi connectivity index (χ0v) is 14.1. The Hall–Kier alpha value is -2.90. The van der Waals surface area contributed by atoms with Crippen molar-refractivity contribution in [3.63, 3.8) is 0 Å². The van der Waals surface area contributed by atoms with Gasteiger partial charge >= 0.3 is 0 Å². The van der Waals surface area contributed by atoms with Crippen molar-refractivity contribution in [2.45, 2.75) is 6.04 Å². The Morgan fingerprint density at radius 3 is 2.85 bits per heavy atom. The number of hydrogen-bond acceptors (Lipinski definition) is 5. The Morgan fingerprint density at radius 2 is 2.19 bits per heavy atom. The molecular formula is C18H18FN3O4. The summed E-state index contributed by atoms with van der Waals surface area (Å²) in [4.78, 5) is 27.6. The fraction of sp³-hybridized carbons (Fsp3) is 0.389.